The molecule has 0 aromatic heterocycles. The Morgan fingerprint density at radius 2 is 2.09 bits per heavy atom. The molecule has 0 radical (unpaired) electrons. The standard InChI is InChI=1S/C7H16N2O2/c1-7(2,11)5-9(4)6(10)8-3/h11H,5H2,1-4H3,(H,8,10). The zero-order valence-corrected chi connectivity index (χ0v) is 7.51. The Balaban J connectivity index is 3.87. The summed E-state index contributed by atoms with van der Waals surface area (Å²) in [5.74, 6) is 0. The van der Waals surface area contributed by atoms with Crippen molar-refractivity contribution in [2.45, 2.75) is 19.4 Å². The number of nitrogens with zero attached hydrogens (tertiary/aromatic N) is 1. The minimum atomic E-state index is -0.832. The number of hydrogen-bond acceptors (Lipinski definition) is 2. The van der Waals surface area contributed by atoms with E-state index in [4.69, 9.17) is 0 Å². The Morgan fingerprint density at radius 1 is 1.64 bits per heavy atom. The first kappa shape index (κ1) is 10.2. The summed E-state index contributed by atoms with van der Waals surface area (Å²) >= 11 is 0. The fourth-order valence-corrected chi connectivity index (χ4v) is 0.843. The summed E-state index contributed by atoms with van der Waals surface area (Å²) in [6.45, 7) is 3.64. The van der Waals surface area contributed by atoms with Crippen molar-refractivity contribution in [3.8, 4) is 0 Å². The van der Waals surface area contributed by atoms with Crippen LogP contribution in [0.3, 0.4) is 0 Å². The van der Waals surface area contributed by atoms with Gasteiger partial charge in [-0.15, -0.1) is 0 Å². The first-order valence-corrected chi connectivity index (χ1v) is 3.52. The number of rotatable bonds is 2. The molecule has 0 aromatic carbocycles. The molecule has 0 saturated heterocycles. The monoisotopic (exact) mass is 160 g/mol. The highest BCUT2D eigenvalue weighted by molar-refractivity contribution is 5.73. The number of amides is 2. The summed E-state index contributed by atoms with van der Waals surface area (Å²) in [4.78, 5) is 12.3. The summed E-state index contributed by atoms with van der Waals surface area (Å²) in [6.07, 6.45) is 0. The Bertz CT molecular complexity index is 140. The van der Waals surface area contributed by atoms with E-state index in [9.17, 15) is 9.90 Å². The summed E-state index contributed by atoms with van der Waals surface area (Å²) in [6, 6.07) is -0.188. The fraction of sp³-hybridized carbons (Fsp3) is 0.857. The van der Waals surface area contributed by atoms with Gasteiger partial charge in [-0.25, -0.2) is 4.79 Å². The van der Waals surface area contributed by atoms with Crippen LogP contribution in [0.2, 0.25) is 0 Å². The number of carbonyl (C=O) groups is 1. The van der Waals surface area contributed by atoms with Gasteiger partial charge in [-0.3, -0.25) is 0 Å². The van der Waals surface area contributed by atoms with E-state index in [1.54, 1.807) is 27.9 Å². The highest BCUT2D eigenvalue weighted by atomic mass is 16.3. The van der Waals surface area contributed by atoms with E-state index in [0.29, 0.717) is 6.54 Å². The molecule has 2 amide bonds. The molecule has 0 bridgehead atoms. The smallest absolute Gasteiger partial charge is 0.316 e. The molecular formula is C7H16N2O2. The van der Waals surface area contributed by atoms with Crippen LogP contribution in [0.4, 0.5) is 4.79 Å². The van der Waals surface area contributed by atoms with Gasteiger partial charge in [0.1, 0.15) is 0 Å². The predicted molar refractivity (Wildman–Crippen MR) is 43.4 cm³/mol. The molecule has 11 heavy (non-hydrogen) atoms. The third kappa shape index (κ3) is 4.61. The SMILES string of the molecule is CNC(=O)N(C)CC(C)(C)O. The summed E-state index contributed by atoms with van der Waals surface area (Å²) in [5.41, 5.74) is -0.832. The number of nitrogens with one attached hydrogen (secondary N) is 1. The molecule has 0 aromatic rings. The van der Waals surface area contributed by atoms with Crippen LogP contribution in [0.5, 0.6) is 0 Å². The molecule has 2 N–H and O–H groups in total. The van der Waals surface area contributed by atoms with Gasteiger partial charge in [0, 0.05) is 14.1 Å². The molecule has 4 nitrogen and oxygen atoms in total. The molecule has 0 heterocycles. The number of urea groups is 1. The van der Waals surface area contributed by atoms with Crippen molar-refractivity contribution in [1.82, 2.24) is 10.2 Å². The predicted octanol–water partition coefficient (Wildman–Crippen LogP) is 0.0285. The molecular weight excluding hydrogens is 144 g/mol. The van der Waals surface area contributed by atoms with Crippen LogP contribution < -0.4 is 5.32 Å². The maximum atomic E-state index is 10.9. The maximum Gasteiger partial charge on any atom is 0.316 e. The van der Waals surface area contributed by atoms with Crippen molar-refractivity contribution in [3.05, 3.63) is 0 Å². The molecule has 0 fully saturated rings. The van der Waals surface area contributed by atoms with Crippen LogP contribution in [0, 0.1) is 0 Å². The summed E-state index contributed by atoms with van der Waals surface area (Å²) in [7, 11) is 3.19. The van der Waals surface area contributed by atoms with Crippen LogP contribution in [0.1, 0.15) is 13.8 Å². The summed E-state index contributed by atoms with van der Waals surface area (Å²) in [5, 5.41) is 11.8. The Morgan fingerprint density at radius 3 is 2.36 bits per heavy atom. The number of hydrogen-bond donors (Lipinski definition) is 2. The first-order valence-electron chi connectivity index (χ1n) is 3.52. The van der Waals surface area contributed by atoms with Crippen LogP contribution in [-0.4, -0.2) is 42.3 Å². The number of likely N-dealkylation sites (N-methyl/N-ethyl adjacent to an activating group) is 1. The minimum absolute atomic E-state index is 0.188. The van der Waals surface area contributed by atoms with E-state index in [2.05, 4.69) is 5.32 Å². The van der Waals surface area contributed by atoms with Crippen molar-refractivity contribution >= 4 is 6.03 Å². The average Bonchev–Trinajstić information content (AvgIpc) is 1.82. The third-order valence-corrected chi connectivity index (χ3v) is 1.18. The van der Waals surface area contributed by atoms with Gasteiger partial charge in [-0.1, -0.05) is 0 Å². The van der Waals surface area contributed by atoms with Crippen LogP contribution in [-0.2, 0) is 0 Å². The highest BCUT2D eigenvalue weighted by Gasteiger charge is 2.17. The average molecular weight is 160 g/mol. The second kappa shape index (κ2) is 3.57. The zero-order valence-electron chi connectivity index (χ0n) is 7.51. The van der Waals surface area contributed by atoms with Gasteiger partial charge < -0.3 is 15.3 Å². The van der Waals surface area contributed by atoms with Gasteiger partial charge >= 0.3 is 6.03 Å². The van der Waals surface area contributed by atoms with E-state index in [0.717, 1.165) is 0 Å². The molecule has 0 atom stereocenters. The highest BCUT2D eigenvalue weighted by Crippen LogP contribution is 2.02. The minimum Gasteiger partial charge on any atom is -0.389 e. The van der Waals surface area contributed by atoms with E-state index in [1.807, 2.05) is 0 Å². The Hall–Kier alpha value is -0.770. The summed E-state index contributed by atoms with van der Waals surface area (Å²) < 4.78 is 0. The lowest BCUT2D eigenvalue weighted by Crippen LogP contribution is -2.43. The second-order valence-corrected chi connectivity index (χ2v) is 3.22. The Kier molecular flexibility index (Phi) is 3.32. The Labute approximate surface area is 67.2 Å². The molecule has 0 saturated carbocycles. The molecule has 0 aliphatic rings. The van der Waals surface area contributed by atoms with E-state index in [1.165, 1.54) is 4.90 Å². The third-order valence-electron chi connectivity index (χ3n) is 1.18. The number of aliphatic hydroxyl groups is 1. The van der Waals surface area contributed by atoms with Crippen molar-refractivity contribution < 1.29 is 9.90 Å². The first-order chi connectivity index (χ1) is 4.87. The van der Waals surface area contributed by atoms with Gasteiger partial charge in [0.15, 0.2) is 0 Å². The normalized spacial score (nSPS) is 11.0. The molecule has 4 heteroatoms. The molecule has 0 unspecified atom stereocenters. The van der Waals surface area contributed by atoms with E-state index < -0.39 is 5.60 Å². The maximum absolute atomic E-state index is 10.9. The molecule has 0 aliphatic heterocycles. The molecule has 0 aliphatic carbocycles. The van der Waals surface area contributed by atoms with Gasteiger partial charge in [-0.05, 0) is 13.8 Å². The second-order valence-electron chi connectivity index (χ2n) is 3.22. The molecule has 0 rings (SSSR count). The van der Waals surface area contributed by atoms with Crippen molar-refractivity contribution in [1.29, 1.82) is 0 Å². The fourth-order valence-electron chi connectivity index (χ4n) is 0.843. The lowest BCUT2D eigenvalue weighted by atomic mass is 10.1. The molecule has 66 valence electrons. The quantitative estimate of drug-likeness (QED) is 0.598. The van der Waals surface area contributed by atoms with Crippen LogP contribution in [0.25, 0.3) is 0 Å². The number of carbonyl (C=O) groups excluding carboxylic acids is 1. The largest absolute Gasteiger partial charge is 0.389 e. The van der Waals surface area contributed by atoms with E-state index >= 15 is 0 Å². The van der Waals surface area contributed by atoms with Crippen molar-refractivity contribution in [3.63, 3.8) is 0 Å². The van der Waals surface area contributed by atoms with Gasteiger partial charge in [0.05, 0.1) is 12.1 Å². The van der Waals surface area contributed by atoms with Gasteiger partial charge in [0.25, 0.3) is 0 Å². The lowest BCUT2D eigenvalue weighted by molar-refractivity contribution is 0.0535. The lowest BCUT2D eigenvalue weighted by Gasteiger charge is -2.24. The van der Waals surface area contributed by atoms with E-state index in [-0.39, 0.29) is 6.03 Å². The zero-order chi connectivity index (χ0) is 9.07. The van der Waals surface area contributed by atoms with Gasteiger partial charge in [-0.2, -0.15) is 0 Å². The van der Waals surface area contributed by atoms with Crippen LogP contribution in [0.15, 0.2) is 0 Å². The van der Waals surface area contributed by atoms with Crippen molar-refractivity contribution in [2.24, 2.45) is 0 Å². The molecule has 0 spiro atoms. The van der Waals surface area contributed by atoms with Crippen LogP contribution >= 0.6 is 0 Å². The van der Waals surface area contributed by atoms with Crippen molar-refractivity contribution in [2.75, 3.05) is 20.6 Å². The van der Waals surface area contributed by atoms with Gasteiger partial charge in [0.2, 0.25) is 0 Å². The topological polar surface area (TPSA) is 52.6 Å².